The van der Waals surface area contributed by atoms with Gasteiger partial charge in [0.05, 0.1) is 18.1 Å². The highest BCUT2D eigenvalue weighted by atomic mass is 79.9. The van der Waals surface area contributed by atoms with E-state index in [1.54, 1.807) is 0 Å². The molecule has 1 fully saturated rings. The van der Waals surface area contributed by atoms with Crippen LogP contribution in [0, 0.1) is 11.3 Å². The summed E-state index contributed by atoms with van der Waals surface area (Å²) < 4.78 is 2.37. The normalized spacial score (nSPS) is 19.6. The van der Waals surface area contributed by atoms with Crippen LogP contribution in [0.25, 0.3) is 0 Å². The second kappa shape index (κ2) is 7.98. The molecule has 3 nitrogen and oxygen atoms in total. The first-order chi connectivity index (χ1) is 11.1. The van der Waals surface area contributed by atoms with E-state index in [1.807, 2.05) is 18.2 Å². The Bertz CT molecular complexity index is 676. The van der Waals surface area contributed by atoms with Crippen LogP contribution in [0.3, 0.4) is 0 Å². The van der Waals surface area contributed by atoms with Crippen molar-refractivity contribution in [1.29, 1.82) is 5.26 Å². The van der Waals surface area contributed by atoms with Crippen molar-refractivity contribution in [2.75, 3.05) is 13.1 Å². The van der Waals surface area contributed by atoms with E-state index >= 15 is 0 Å². The summed E-state index contributed by atoms with van der Waals surface area (Å²) in [5, 5.41) is 9.29. The third kappa shape index (κ3) is 4.08. The van der Waals surface area contributed by atoms with Crippen LogP contribution in [0.15, 0.2) is 36.0 Å². The van der Waals surface area contributed by atoms with Gasteiger partial charge in [0.25, 0.3) is 0 Å². The molecule has 24 heavy (non-hydrogen) atoms. The van der Waals surface area contributed by atoms with E-state index in [-0.39, 0.29) is 22.5 Å². The highest BCUT2D eigenvalue weighted by molar-refractivity contribution is 5.68. The van der Waals surface area contributed by atoms with Gasteiger partial charge < -0.3 is 21.9 Å². The van der Waals surface area contributed by atoms with Gasteiger partial charge in [0.15, 0.2) is 18.3 Å². The number of nitriles is 1. The van der Waals surface area contributed by atoms with Crippen LogP contribution in [0.2, 0.25) is 0 Å². The van der Waals surface area contributed by atoms with Gasteiger partial charge in [0.2, 0.25) is 0 Å². The van der Waals surface area contributed by atoms with Crippen molar-refractivity contribution in [3.05, 3.63) is 47.2 Å². The molecule has 1 saturated heterocycles. The average molecular weight is 388 g/mol. The van der Waals surface area contributed by atoms with Crippen molar-refractivity contribution in [2.45, 2.75) is 51.6 Å². The van der Waals surface area contributed by atoms with E-state index in [4.69, 9.17) is 0 Å². The van der Waals surface area contributed by atoms with Gasteiger partial charge in [-0.2, -0.15) is 5.26 Å². The Kier molecular flexibility index (Phi) is 6.23. The van der Waals surface area contributed by atoms with Gasteiger partial charge in [0, 0.05) is 44.3 Å². The lowest BCUT2D eigenvalue weighted by Gasteiger charge is -2.36. The number of rotatable bonds is 3. The summed E-state index contributed by atoms with van der Waals surface area (Å²) in [5.41, 5.74) is 3.43. The first-order valence-electron chi connectivity index (χ1n) is 8.64. The molecule has 0 aromatic heterocycles. The van der Waals surface area contributed by atoms with Crippen LogP contribution in [-0.4, -0.2) is 34.3 Å². The molecule has 0 amide bonds. The molecular weight excluding hydrogens is 362 g/mol. The maximum absolute atomic E-state index is 9.29. The van der Waals surface area contributed by atoms with Gasteiger partial charge in [-0.25, -0.2) is 4.58 Å². The van der Waals surface area contributed by atoms with E-state index in [0.29, 0.717) is 0 Å². The molecule has 0 spiro atoms. The maximum Gasteiger partial charge on any atom is 0.170 e. The second-order valence-corrected chi connectivity index (χ2v) is 7.24. The van der Waals surface area contributed by atoms with Crippen molar-refractivity contribution in [1.82, 2.24) is 4.90 Å². The zero-order chi connectivity index (χ0) is 16.3. The van der Waals surface area contributed by atoms with Crippen LogP contribution < -0.4 is 17.0 Å². The summed E-state index contributed by atoms with van der Waals surface area (Å²) in [6.07, 6.45) is 9.58. The Hall–Kier alpha value is -1.60. The molecule has 3 rings (SSSR count). The summed E-state index contributed by atoms with van der Waals surface area (Å²) in [6, 6.07) is 10.2. The molecule has 2 aliphatic rings. The zero-order valence-electron chi connectivity index (χ0n) is 14.6. The number of likely N-dealkylation sites (tertiary alicyclic amines) is 1. The first-order valence-corrected chi connectivity index (χ1v) is 8.64. The molecule has 0 radical (unpaired) electrons. The minimum atomic E-state index is 0. The second-order valence-electron chi connectivity index (χ2n) is 7.24. The van der Waals surface area contributed by atoms with Crippen molar-refractivity contribution in [3.63, 3.8) is 0 Å². The quantitative estimate of drug-likeness (QED) is 0.714. The number of piperidine rings is 1. The Morgan fingerprint density at radius 3 is 2.54 bits per heavy atom. The predicted octanol–water partition coefficient (Wildman–Crippen LogP) is 0.698. The highest BCUT2D eigenvalue weighted by Gasteiger charge is 2.35. The Morgan fingerprint density at radius 2 is 1.88 bits per heavy atom. The predicted molar refractivity (Wildman–Crippen MR) is 93.4 cm³/mol. The maximum atomic E-state index is 9.29. The van der Waals surface area contributed by atoms with E-state index in [1.165, 1.54) is 38.0 Å². The number of benzene rings is 1. The molecule has 0 atom stereocenters. The molecule has 1 aromatic rings. The van der Waals surface area contributed by atoms with Gasteiger partial charge in [-0.3, -0.25) is 0 Å². The third-order valence-corrected chi connectivity index (χ3v) is 5.08. The lowest BCUT2D eigenvalue weighted by molar-refractivity contribution is -0.612. The van der Waals surface area contributed by atoms with Crippen molar-refractivity contribution in [2.24, 2.45) is 0 Å². The Balaban J connectivity index is 0.00000208. The number of halogens is 1. The number of hydrogen-bond donors (Lipinski definition) is 0. The molecule has 128 valence electrons. The van der Waals surface area contributed by atoms with Gasteiger partial charge in [-0.15, -0.1) is 0 Å². The smallest absolute Gasteiger partial charge is 0.170 e. The fourth-order valence-corrected chi connectivity index (χ4v) is 3.60. The summed E-state index contributed by atoms with van der Waals surface area (Å²) in [6.45, 7) is 7.80. The average Bonchev–Trinajstić information content (AvgIpc) is 2.57. The third-order valence-electron chi connectivity index (χ3n) is 5.08. The minimum absolute atomic E-state index is 0. The van der Waals surface area contributed by atoms with E-state index in [9.17, 15) is 5.26 Å². The monoisotopic (exact) mass is 387 g/mol. The fraction of sp³-hybridized carbons (Fsp3) is 0.500. The largest absolute Gasteiger partial charge is 1.00 e. The number of allylic oxidation sites excluding steroid dienone is 1. The first kappa shape index (κ1) is 18.7. The standard InChI is InChI=1S/C20H26N3.BrH/c1-20(2)14-19(22-11-6-3-7-12-22)10-13-23(20)16-18-9-5-4-8-17(18)15-21;/h4-5,8-10,13H,3,6-7,11-12,14,16H2,1-2H3;1H/q+1;/p-1. The molecule has 0 aliphatic carbocycles. The minimum Gasteiger partial charge on any atom is -1.00 e. The van der Waals surface area contributed by atoms with Crippen molar-refractivity contribution < 1.29 is 21.6 Å². The molecule has 4 heteroatoms. The molecule has 0 unspecified atom stereocenters. The summed E-state index contributed by atoms with van der Waals surface area (Å²) in [7, 11) is 0. The van der Waals surface area contributed by atoms with Crippen LogP contribution >= 0.6 is 0 Å². The molecule has 0 saturated carbocycles. The van der Waals surface area contributed by atoms with Crippen LogP contribution in [0.1, 0.15) is 50.7 Å². The molecule has 1 aromatic carbocycles. The van der Waals surface area contributed by atoms with Crippen molar-refractivity contribution >= 4 is 6.21 Å². The molecule has 2 heterocycles. The highest BCUT2D eigenvalue weighted by Crippen LogP contribution is 2.28. The van der Waals surface area contributed by atoms with Gasteiger partial charge in [-0.05, 0) is 25.3 Å². The van der Waals surface area contributed by atoms with E-state index < -0.39 is 0 Å². The Labute approximate surface area is 156 Å². The molecule has 2 aliphatic heterocycles. The lowest BCUT2D eigenvalue weighted by Crippen LogP contribution is -3.00. The van der Waals surface area contributed by atoms with E-state index in [0.717, 1.165) is 24.1 Å². The van der Waals surface area contributed by atoms with Crippen LogP contribution in [0.4, 0.5) is 0 Å². The van der Waals surface area contributed by atoms with Crippen LogP contribution in [-0.2, 0) is 6.54 Å². The van der Waals surface area contributed by atoms with E-state index in [2.05, 4.69) is 47.7 Å². The van der Waals surface area contributed by atoms with Crippen molar-refractivity contribution in [3.8, 4) is 6.07 Å². The molecule has 0 bridgehead atoms. The zero-order valence-corrected chi connectivity index (χ0v) is 16.2. The lowest BCUT2D eigenvalue weighted by atomic mass is 9.92. The molecule has 0 N–H and O–H groups in total. The molecular formula is C20H26BrN3. The fourth-order valence-electron chi connectivity index (χ4n) is 3.60. The summed E-state index contributed by atoms with van der Waals surface area (Å²) >= 11 is 0. The summed E-state index contributed by atoms with van der Waals surface area (Å²) in [5.74, 6) is 0. The number of hydrogen-bond acceptors (Lipinski definition) is 2. The van der Waals surface area contributed by atoms with Crippen LogP contribution in [0.5, 0.6) is 0 Å². The van der Waals surface area contributed by atoms with Gasteiger partial charge in [-0.1, -0.05) is 18.2 Å². The SMILES string of the molecule is CC1(C)CC(N2CCCCC2)=CC=[N+]1Cc1ccccc1C#N.[Br-]. The Morgan fingerprint density at radius 1 is 1.17 bits per heavy atom. The number of nitrogens with zero attached hydrogens (tertiary/aromatic N) is 3. The summed E-state index contributed by atoms with van der Waals surface area (Å²) in [4.78, 5) is 2.56. The topological polar surface area (TPSA) is 30.0 Å². The van der Waals surface area contributed by atoms with Gasteiger partial charge >= 0.3 is 0 Å². The van der Waals surface area contributed by atoms with Gasteiger partial charge in [0.1, 0.15) is 0 Å².